The molecule has 3 aliphatic rings. The smallest absolute Gasteiger partial charge is 0.156 e. The fourth-order valence-electron chi connectivity index (χ4n) is 5.54. The van der Waals surface area contributed by atoms with Gasteiger partial charge in [0.2, 0.25) is 0 Å². The van der Waals surface area contributed by atoms with Crippen molar-refractivity contribution in [3.8, 4) is 0 Å². The number of hydrogen-bond acceptors (Lipinski definition) is 1. The third-order valence-corrected chi connectivity index (χ3v) is 6.62. The van der Waals surface area contributed by atoms with Crippen molar-refractivity contribution in [1.29, 1.82) is 0 Å². The van der Waals surface area contributed by atoms with Crippen LogP contribution >= 0.6 is 0 Å². The van der Waals surface area contributed by atoms with E-state index in [9.17, 15) is 4.79 Å². The molecule has 1 heteroatoms. The molecule has 3 aliphatic carbocycles. The molecule has 0 amide bonds. The van der Waals surface area contributed by atoms with E-state index in [1.165, 1.54) is 36.8 Å². The summed E-state index contributed by atoms with van der Waals surface area (Å²) in [5, 5.41) is 0. The summed E-state index contributed by atoms with van der Waals surface area (Å²) in [5.74, 6) is 3.39. The average Bonchev–Trinajstić information content (AvgIpc) is 2.43. The van der Waals surface area contributed by atoms with Gasteiger partial charge in [0.1, 0.15) is 0 Å². The molecule has 0 aromatic carbocycles. The van der Waals surface area contributed by atoms with Gasteiger partial charge >= 0.3 is 0 Å². The Morgan fingerprint density at radius 3 is 2.76 bits per heavy atom. The zero-order valence-corrected chi connectivity index (χ0v) is 14.0. The Hall–Kier alpha value is -0.850. The molecule has 4 unspecified atom stereocenters. The first kappa shape index (κ1) is 15.1. The van der Waals surface area contributed by atoms with Gasteiger partial charge in [0, 0.05) is 6.42 Å². The van der Waals surface area contributed by atoms with Gasteiger partial charge in [-0.15, -0.1) is 0 Å². The molecule has 0 aromatic heterocycles. The number of carbonyl (C=O) groups excluding carboxylic acids is 1. The number of rotatable bonds is 2. The van der Waals surface area contributed by atoms with Crippen LogP contribution in [0.2, 0.25) is 0 Å². The molecular formula is C20H30O. The molecule has 1 nitrogen and oxygen atoms in total. The summed E-state index contributed by atoms with van der Waals surface area (Å²) >= 11 is 0. The summed E-state index contributed by atoms with van der Waals surface area (Å²) in [7, 11) is 0. The number of hydrogen-bond donors (Lipinski definition) is 0. The maximum atomic E-state index is 11.8. The van der Waals surface area contributed by atoms with Crippen LogP contribution in [0.1, 0.15) is 65.7 Å². The quantitative estimate of drug-likeness (QED) is 0.671. The van der Waals surface area contributed by atoms with Crippen molar-refractivity contribution >= 4 is 5.78 Å². The SMILES string of the molecule is C=C1CC2C(CCC(C)(C)C2CCC)C2CCC(=O)C=C12. The van der Waals surface area contributed by atoms with Crippen molar-refractivity contribution in [3.63, 3.8) is 0 Å². The van der Waals surface area contributed by atoms with E-state index >= 15 is 0 Å². The zero-order chi connectivity index (χ0) is 15.2. The molecular weight excluding hydrogens is 256 g/mol. The number of carbonyl (C=O) groups is 1. The van der Waals surface area contributed by atoms with Gasteiger partial charge in [-0.2, -0.15) is 0 Å². The van der Waals surface area contributed by atoms with Crippen LogP contribution in [0, 0.1) is 29.1 Å². The van der Waals surface area contributed by atoms with E-state index in [1.807, 2.05) is 6.08 Å². The normalized spacial score (nSPS) is 38.5. The van der Waals surface area contributed by atoms with Gasteiger partial charge in [-0.1, -0.05) is 39.3 Å². The number of fused-ring (bicyclic) bond motifs is 3. The standard InChI is InChI=1S/C20H30O/c1-5-6-19-18-11-13(2)17-12-14(21)7-8-15(17)16(18)9-10-20(19,3)4/h12,15-16,18-19H,2,5-11H2,1,3-4H3. The van der Waals surface area contributed by atoms with Crippen LogP contribution in [-0.4, -0.2) is 5.78 Å². The van der Waals surface area contributed by atoms with Crippen LogP contribution in [0.15, 0.2) is 23.8 Å². The lowest BCUT2D eigenvalue weighted by molar-refractivity contribution is -0.115. The van der Waals surface area contributed by atoms with E-state index in [4.69, 9.17) is 0 Å². The molecule has 0 aliphatic heterocycles. The predicted octanol–water partition coefficient (Wildman–Crippen LogP) is 5.32. The highest BCUT2D eigenvalue weighted by molar-refractivity contribution is 5.92. The van der Waals surface area contributed by atoms with Crippen molar-refractivity contribution in [2.24, 2.45) is 29.1 Å². The molecule has 0 saturated heterocycles. The fourth-order valence-corrected chi connectivity index (χ4v) is 5.54. The monoisotopic (exact) mass is 286 g/mol. The Morgan fingerprint density at radius 2 is 2.05 bits per heavy atom. The predicted molar refractivity (Wildman–Crippen MR) is 88.0 cm³/mol. The van der Waals surface area contributed by atoms with Crippen LogP contribution in [0.3, 0.4) is 0 Å². The second-order valence-electron chi connectivity index (χ2n) is 8.27. The first-order valence-electron chi connectivity index (χ1n) is 8.86. The number of allylic oxidation sites excluding steroid dienone is 3. The first-order chi connectivity index (χ1) is 9.94. The molecule has 3 rings (SSSR count). The highest BCUT2D eigenvalue weighted by Gasteiger charge is 2.49. The second kappa shape index (κ2) is 5.41. The van der Waals surface area contributed by atoms with E-state index in [0.717, 1.165) is 37.0 Å². The van der Waals surface area contributed by atoms with Crippen LogP contribution < -0.4 is 0 Å². The Morgan fingerprint density at radius 1 is 1.29 bits per heavy atom. The van der Waals surface area contributed by atoms with E-state index in [2.05, 4.69) is 27.4 Å². The highest BCUT2D eigenvalue weighted by Crippen LogP contribution is 2.58. The number of ketones is 1. The van der Waals surface area contributed by atoms with Crippen LogP contribution in [-0.2, 0) is 4.79 Å². The van der Waals surface area contributed by atoms with Gasteiger partial charge < -0.3 is 0 Å². The summed E-state index contributed by atoms with van der Waals surface area (Å²) in [6.07, 6.45) is 10.2. The molecule has 0 bridgehead atoms. The van der Waals surface area contributed by atoms with Gasteiger partial charge in [0.25, 0.3) is 0 Å². The fraction of sp³-hybridized carbons (Fsp3) is 0.750. The molecule has 0 spiro atoms. The average molecular weight is 286 g/mol. The minimum absolute atomic E-state index is 0.321. The first-order valence-corrected chi connectivity index (χ1v) is 8.86. The van der Waals surface area contributed by atoms with Gasteiger partial charge in [-0.25, -0.2) is 0 Å². The second-order valence-corrected chi connectivity index (χ2v) is 8.27. The third kappa shape index (κ3) is 2.53. The van der Waals surface area contributed by atoms with Gasteiger partial charge in [0.15, 0.2) is 5.78 Å². The summed E-state index contributed by atoms with van der Waals surface area (Å²) in [6.45, 7) is 11.6. The summed E-state index contributed by atoms with van der Waals surface area (Å²) in [4.78, 5) is 11.8. The molecule has 0 N–H and O–H groups in total. The highest BCUT2D eigenvalue weighted by atomic mass is 16.1. The van der Waals surface area contributed by atoms with Crippen molar-refractivity contribution in [3.05, 3.63) is 23.8 Å². The summed E-state index contributed by atoms with van der Waals surface area (Å²) < 4.78 is 0. The molecule has 4 atom stereocenters. The maximum absolute atomic E-state index is 11.8. The molecule has 0 radical (unpaired) electrons. The van der Waals surface area contributed by atoms with E-state index in [0.29, 0.717) is 17.1 Å². The lowest BCUT2D eigenvalue weighted by Gasteiger charge is -2.54. The van der Waals surface area contributed by atoms with Crippen molar-refractivity contribution in [1.82, 2.24) is 0 Å². The summed E-state index contributed by atoms with van der Waals surface area (Å²) in [5.41, 5.74) is 3.07. The maximum Gasteiger partial charge on any atom is 0.156 e. The van der Waals surface area contributed by atoms with Crippen LogP contribution in [0.5, 0.6) is 0 Å². The minimum Gasteiger partial charge on any atom is -0.295 e. The molecule has 0 heterocycles. The van der Waals surface area contributed by atoms with E-state index in [-0.39, 0.29) is 0 Å². The molecule has 2 saturated carbocycles. The van der Waals surface area contributed by atoms with Crippen molar-refractivity contribution in [2.75, 3.05) is 0 Å². The lowest BCUT2D eigenvalue weighted by atomic mass is 9.50. The summed E-state index contributed by atoms with van der Waals surface area (Å²) in [6, 6.07) is 0. The van der Waals surface area contributed by atoms with Gasteiger partial charge in [-0.05, 0) is 72.8 Å². The largest absolute Gasteiger partial charge is 0.295 e. The Bertz CT molecular complexity index is 482. The Labute approximate surface area is 129 Å². The van der Waals surface area contributed by atoms with Crippen LogP contribution in [0.4, 0.5) is 0 Å². The van der Waals surface area contributed by atoms with Crippen LogP contribution in [0.25, 0.3) is 0 Å². The topological polar surface area (TPSA) is 17.1 Å². The molecule has 21 heavy (non-hydrogen) atoms. The van der Waals surface area contributed by atoms with E-state index in [1.54, 1.807) is 0 Å². The van der Waals surface area contributed by atoms with E-state index < -0.39 is 0 Å². The van der Waals surface area contributed by atoms with Gasteiger partial charge in [-0.3, -0.25) is 4.79 Å². The zero-order valence-electron chi connectivity index (χ0n) is 14.0. The molecule has 0 aromatic rings. The molecule has 2 fully saturated rings. The minimum atomic E-state index is 0.321. The lowest BCUT2D eigenvalue weighted by Crippen LogP contribution is -2.46. The Kier molecular flexibility index (Phi) is 3.88. The van der Waals surface area contributed by atoms with Gasteiger partial charge in [0.05, 0.1) is 0 Å². The molecule has 116 valence electrons. The van der Waals surface area contributed by atoms with Crippen molar-refractivity contribution < 1.29 is 4.79 Å². The third-order valence-electron chi connectivity index (χ3n) is 6.62. The van der Waals surface area contributed by atoms with Crippen molar-refractivity contribution in [2.45, 2.75) is 65.7 Å². The Balaban J connectivity index is 1.92.